The molecule has 0 spiro atoms. The highest BCUT2D eigenvalue weighted by molar-refractivity contribution is 7.99. The Bertz CT molecular complexity index is 726. The monoisotopic (exact) mass is 407 g/mol. The van der Waals surface area contributed by atoms with Gasteiger partial charge in [0.1, 0.15) is 5.69 Å². The van der Waals surface area contributed by atoms with Gasteiger partial charge >= 0.3 is 12.2 Å². The van der Waals surface area contributed by atoms with Gasteiger partial charge in [0.15, 0.2) is 5.15 Å². The first kappa shape index (κ1) is 20.4. The fourth-order valence-corrected chi connectivity index (χ4v) is 2.94. The standard InChI is InChI=1S/C15H17ClF3N5OS/c1-2-23(14(25)21-6-7-26-10-15(17,18)19)12-9-24(22-13(12)16)11-4-3-5-20-8-11/h3-5,8-9H,2,6-7,10H2,1H3,(H,21,25). The Morgan fingerprint density at radius 2 is 2.23 bits per heavy atom. The summed E-state index contributed by atoms with van der Waals surface area (Å²) in [6, 6.07) is 3.08. The van der Waals surface area contributed by atoms with Crippen LogP contribution in [0, 0.1) is 0 Å². The quantitative estimate of drug-likeness (QED) is 0.710. The lowest BCUT2D eigenvalue weighted by molar-refractivity contribution is -0.105. The van der Waals surface area contributed by atoms with E-state index in [0.717, 1.165) is 0 Å². The molecule has 6 nitrogen and oxygen atoms in total. The van der Waals surface area contributed by atoms with Gasteiger partial charge < -0.3 is 5.32 Å². The third kappa shape index (κ3) is 5.80. The molecule has 0 atom stereocenters. The number of alkyl halides is 3. The van der Waals surface area contributed by atoms with Crippen LogP contribution in [0.25, 0.3) is 5.69 Å². The minimum absolute atomic E-state index is 0.116. The van der Waals surface area contributed by atoms with E-state index in [9.17, 15) is 18.0 Å². The van der Waals surface area contributed by atoms with Crippen LogP contribution in [-0.4, -0.2) is 51.6 Å². The Labute approximate surface area is 157 Å². The molecule has 0 radical (unpaired) electrons. The van der Waals surface area contributed by atoms with E-state index in [2.05, 4.69) is 15.4 Å². The molecule has 142 valence electrons. The topological polar surface area (TPSA) is 63.1 Å². The molecule has 1 N–H and O–H groups in total. The average Bonchev–Trinajstić information content (AvgIpc) is 2.97. The molecule has 2 heterocycles. The zero-order valence-corrected chi connectivity index (χ0v) is 15.4. The molecule has 0 bridgehead atoms. The maximum atomic E-state index is 12.3. The lowest BCUT2D eigenvalue weighted by Gasteiger charge is -2.20. The van der Waals surface area contributed by atoms with Crippen molar-refractivity contribution in [2.45, 2.75) is 13.1 Å². The average molecular weight is 408 g/mol. The third-order valence-electron chi connectivity index (χ3n) is 3.20. The number of pyridine rings is 1. The molecule has 0 fully saturated rings. The fourth-order valence-electron chi connectivity index (χ4n) is 2.08. The van der Waals surface area contributed by atoms with E-state index in [4.69, 9.17) is 11.6 Å². The third-order valence-corrected chi connectivity index (χ3v) is 4.50. The lowest BCUT2D eigenvalue weighted by atomic mass is 10.4. The summed E-state index contributed by atoms with van der Waals surface area (Å²) in [5, 5.41) is 6.88. The number of hydrogen-bond acceptors (Lipinski definition) is 4. The van der Waals surface area contributed by atoms with Gasteiger partial charge in [-0.25, -0.2) is 9.48 Å². The summed E-state index contributed by atoms with van der Waals surface area (Å²) in [6.07, 6.45) is 0.610. The maximum absolute atomic E-state index is 12.3. The number of halogens is 4. The molecule has 2 rings (SSSR count). The van der Waals surface area contributed by atoms with Gasteiger partial charge in [0.25, 0.3) is 0 Å². The largest absolute Gasteiger partial charge is 0.397 e. The highest BCUT2D eigenvalue weighted by Crippen LogP contribution is 2.26. The normalized spacial score (nSPS) is 11.4. The van der Waals surface area contributed by atoms with Gasteiger partial charge in [-0.05, 0) is 19.1 Å². The molecular formula is C15H17ClF3N5OS. The van der Waals surface area contributed by atoms with Crippen LogP contribution in [0.4, 0.5) is 23.7 Å². The van der Waals surface area contributed by atoms with Gasteiger partial charge in [-0.15, -0.1) is 0 Å². The summed E-state index contributed by atoms with van der Waals surface area (Å²) in [6.45, 7) is 2.19. The molecule has 2 aromatic heterocycles. The highest BCUT2D eigenvalue weighted by atomic mass is 35.5. The van der Waals surface area contributed by atoms with Gasteiger partial charge in [-0.2, -0.15) is 30.0 Å². The van der Waals surface area contributed by atoms with Crippen molar-refractivity contribution in [1.29, 1.82) is 0 Å². The fraction of sp³-hybridized carbons (Fsp3) is 0.400. The van der Waals surface area contributed by atoms with E-state index in [1.807, 2.05) is 0 Å². The number of aromatic nitrogens is 3. The van der Waals surface area contributed by atoms with Crippen molar-refractivity contribution in [3.63, 3.8) is 0 Å². The van der Waals surface area contributed by atoms with E-state index in [0.29, 0.717) is 29.7 Å². The van der Waals surface area contributed by atoms with Crippen molar-refractivity contribution in [3.8, 4) is 5.69 Å². The molecule has 2 aromatic rings. The van der Waals surface area contributed by atoms with Crippen LogP contribution in [-0.2, 0) is 0 Å². The molecule has 0 saturated heterocycles. The van der Waals surface area contributed by atoms with Crippen molar-refractivity contribution in [2.24, 2.45) is 0 Å². The van der Waals surface area contributed by atoms with E-state index < -0.39 is 18.0 Å². The number of nitrogens with one attached hydrogen (secondary N) is 1. The smallest absolute Gasteiger partial charge is 0.337 e. The van der Waals surface area contributed by atoms with Crippen LogP contribution in [0.1, 0.15) is 6.92 Å². The van der Waals surface area contributed by atoms with Crippen molar-refractivity contribution >= 4 is 35.1 Å². The zero-order valence-electron chi connectivity index (χ0n) is 13.8. The van der Waals surface area contributed by atoms with Crippen LogP contribution in [0.3, 0.4) is 0 Å². The molecule has 0 aliphatic heterocycles. The lowest BCUT2D eigenvalue weighted by Crippen LogP contribution is -2.41. The molecule has 0 unspecified atom stereocenters. The number of carbonyl (C=O) groups excluding carboxylic acids is 1. The number of anilines is 1. The van der Waals surface area contributed by atoms with Crippen molar-refractivity contribution in [3.05, 3.63) is 35.9 Å². The van der Waals surface area contributed by atoms with E-state index in [-0.39, 0.29) is 17.5 Å². The second kappa shape index (κ2) is 9.13. The summed E-state index contributed by atoms with van der Waals surface area (Å²) < 4.78 is 37.8. The summed E-state index contributed by atoms with van der Waals surface area (Å²) in [5.41, 5.74) is 1.08. The number of thioether (sulfide) groups is 1. The van der Waals surface area contributed by atoms with Crippen molar-refractivity contribution < 1.29 is 18.0 Å². The number of urea groups is 1. The highest BCUT2D eigenvalue weighted by Gasteiger charge is 2.26. The number of nitrogens with zero attached hydrogens (tertiary/aromatic N) is 4. The van der Waals surface area contributed by atoms with Gasteiger partial charge in [0.2, 0.25) is 0 Å². The molecule has 0 aliphatic carbocycles. The number of carbonyl (C=O) groups is 1. The van der Waals surface area contributed by atoms with Gasteiger partial charge in [-0.3, -0.25) is 9.88 Å². The Hall–Kier alpha value is -1.94. The van der Waals surface area contributed by atoms with Crippen LogP contribution >= 0.6 is 23.4 Å². The number of rotatable bonds is 7. The van der Waals surface area contributed by atoms with Gasteiger partial charge in [-0.1, -0.05) is 11.6 Å². The Kier molecular flexibility index (Phi) is 7.15. The first-order valence-corrected chi connectivity index (χ1v) is 9.20. The van der Waals surface area contributed by atoms with E-state index >= 15 is 0 Å². The first-order chi connectivity index (χ1) is 12.3. The SMILES string of the molecule is CCN(C(=O)NCCSCC(F)(F)F)c1cn(-c2cccnc2)nc1Cl. The predicted octanol–water partition coefficient (Wildman–Crippen LogP) is 3.75. The van der Waals surface area contributed by atoms with E-state index in [1.54, 1.807) is 37.6 Å². The summed E-state index contributed by atoms with van der Waals surface area (Å²) >= 11 is 6.86. The maximum Gasteiger partial charge on any atom is 0.397 e. The van der Waals surface area contributed by atoms with Crippen molar-refractivity contribution in [2.75, 3.05) is 29.5 Å². The van der Waals surface area contributed by atoms with Gasteiger partial charge in [0, 0.05) is 25.0 Å². The second-order valence-electron chi connectivity index (χ2n) is 5.10. The molecule has 11 heteroatoms. The van der Waals surface area contributed by atoms with Gasteiger partial charge in [0.05, 0.1) is 23.8 Å². The molecule has 0 saturated carbocycles. The first-order valence-electron chi connectivity index (χ1n) is 7.67. The molecular weight excluding hydrogens is 391 g/mol. The predicted molar refractivity (Wildman–Crippen MR) is 96.2 cm³/mol. The summed E-state index contributed by atoms with van der Waals surface area (Å²) in [4.78, 5) is 17.7. The zero-order chi connectivity index (χ0) is 19.2. The molecule has 26 heavy (non-hydrogen) atoms. The van der Waals surface area contributed by atoms with Crippen LogP contribution < -0.4 is 10.2 Å². The van der Waals surface area contributed by atoms with E-state index in [1.165, 1.54) is 9.58 Å². The minimum Gasteiger partial charge on any atom is -0.337 e. The van der Waals surface area contributed by atoms with Crippen LogP contribution in [0.5, 0.6) is 0 Å². The number of amides is 2. The van der Waals surface area contributed by atoms with Crippen LogP contribution in [0.2, 0.25) is 5.15 Å². The minimum atomic E-state index is -4.21. The Balaban J connectivity index is 1.97. The Morgan fingerprint density at radius 1 is 1.46 bits per heavy atom. The van der Waals surface area contributed by atoms with Crippen molar-refractivity contribution in [1.82, 2.24) is 20.1 Å². The molecule has 0 aromatic carbocycles. The second-order valence-corrected chi connectivity index (χ2v) is 6.57. The number of hydrogen-bond donors (Lipinski definition) is 1. The van der Waals surface area contributed by atoms with Crippen LogP contribution in [0.15, 0.2) is 30.7 Å². The molecule has 0 aliphatic rings. The Morgan fingerprint density at radius 3 is 2.85 bits per heavy atom. The molecule has 2 amide bonds. The summed E-state index contributed by atoms with van der Waals surface area (Å²) in [5.74, 6) is -0.782. The summed E-state index contributed by atoms with van der Waals surface area (Å²) in [7, 11) is 0.